The molecule has 10 heteroatoms. The fraction of sp³-hybridized carbons (Fsp3) is 0.130. The molecule has 1 amide bonds. The van der Waals surface area contributed by atoms with Crippen LogP contribution in [-0.4, -0.2) is 36.3 Å². The number of rotatable bonds is 7. The first-order valence-electron chi connectivity index (χ1n) is 10.0. The van der Waals surface area contributed by atoms with E-state index in [4.69, 9.17) is 0 Å². The summed E-state index contributed by atoms with van der Waals surface area (Å²) in [5.74, 6) is 0.490. The SMILES string of the molecule is Cc1ccc(-n2c(SCC(=O)Nc3ccc([N+](=O)[O-])cc3)nnc2-c2ccncc2)cc1C. The number of nitro groups is 1. The van der Waals surface area contributed by atoms with Crippen molar-refractivity contribution in [3.05, 3.63) is 88.2 Å². The number of non-ortho nitro benzene ring substituents is 1. The first-order valence-corrected chi connectivity index (χ1v) is 11.0. The Hall–Kier alpha value is -4.05. The quantitative estimate of drug-likeness (QED) is 0.244. The maximum Gasteiger partial charge on any atom is 0.269 e. The highest BCUT2D eigenvalue weighted by molar-refractivity contribution is 7.99. The number of nitrogens with one attached hydrogen (secondary N) is 1. The second kappa shape index (κ2) is 9.61. The molecule has 0 saturated carbocycles. The fourth-order valence-electron chi connectivity index (χ4n) is 3.14. The molecule has 0 radical (unpaired) electrons. The molecule has 2 aromatic heterocycles. The lowest BCUT2D eigenvalue weighted by molar-refractivity contribution is -0.384. The van der Waals surface area contributed by atoms with E-state index in [1.54, 1.807) is 12.4 Å². The summed E-state index contributed by atoms with van der Waals surface area (Å²) in [6.45, 7) is 4.09. The van der Waals surface area contributed by atoms with Gasteiger partial charge in [0.1, 0.15) is 0 Å². The van der Waals surface area contributed by atoms with Crippen LogP contribution in [0.25, 0.3) is 17.1 Å². The highest BCUT2D eigenvalue weighted by Crippen LogP contribution is 2.29. The Morgan fingerprint density at radius 1 is 1.03 bits per heavy atom. The number of pyridine rings is 1. The molecule has 0 bridgehead atoms. The standard InChI is InChI=1S/C23H20N6O3S/c1-15-3-6-20(13-16(15)2)28-22(17-9-11-24-12-10-17)26-27-23(28)33-14-21(30)25-18-4-7-19(8-5-18)29(31)32/h3-13H,14H2,1-2H3,(H,25,30). The zero-order chi connectivity index (χ0) is 23.4. The molecule has 33 heavy (non-hydrogen) atoms. The molecule has 9 nitrogen and oxygen atoms in total. The molecule has 0 fully saturated rings. The van der Waals surface area contributed by atoms with Crippen molar-refractivity contribution in [1.29, 1.82) is 0 Å². The number of hydrogen-bond donors (Lipinski definition) is 1. The monoisotopic (exact) mass is 460 g/mol. The van der Waals surface area contributed by atoms with Crippen LogP contribution in [0.1, 0.15) is 11.1 Å². The Kier molecular flexibility index (Phi) is 6.45. The van der Waals surface area contributed by atoms with E-state index in [0.29, 0.717) is 16.7 Å². The number of hydrogen-bond acceptors (Lipinski definition) is 7. The number of nitrogens with zero attached hydrogens (tertiary/aromatic N) is 5. The van der Waals surface area contributed by atoms with E-state index in [9.17, 15) is 14.9 Å². The Balaban J connectivity index is 1.57. The Bertz CT molecular complexity index is 1310. The van der Waals surface area contributed by atoms with Gasteiger partial charge in [0.15, 0.2) is 11.0 Å². The molecule has 2 aromatic carbocycles. The zero-order valence-electron chi connectivity index (χ0n) is 17.9. The molecule has 0 unspecified atom stereocenters. The van der Waals surface area contributed by atoms with Gasteiger partial charge < -0.3 is 5.32 Å². The minimum atomic E-state index is -0.485. The summed E-state index contributed by atoms with van der Waals surface area (Å²) in [5, 5.41) is 22.8. The topological polar surface area (TPSA) is 116 Å². The smallest absolute Gasteiger partial charge is 0.269 e. The molecule has 0 spiro atoms. The highest BCUT2D eigenvalue weighted by Gasteiger charge is 2.18. The molecule has 0 aliphatic carbocycles. The predicted octanol–water partition coefficient (Wildman–Crippen LogP) is 4.59. The van der Waals surface area contributed by atoms with Gasteiger partial charge >= 0.3 is 0 Å². The van der Waals surface area contributed by atoms with E-state index in [2.05, 4.69) is 26.6 Å². The van der Waals surface area contributed by atoms with E-state index in [-0.39, 0.29) is 17.3 Å². The third-order valence-corrected chi connectivity index (χ3v) is 5.94. The maximum atomic E-state index is 12.5. The summed E-state index contributed by atoms with van der Waals surface area (Å²) in [6, 6.07) is 15.5. The van der Waals surface area contributed by atoms with Gasteiger partial charge in [0.05, 0.1) is 16.4 Å². The molecule has 4 rings (SSSR count). The van der Waals surface area contributed by atoms with Crippen LogP contribution in [0.15, 0.2) is 72.1 Å². The van der Waals surface area contributed by atoms with Crippen molar-refractivity contribution in [2.75, 3.05) is 11.1 Å². The van der Waals surface area contributed by atoms with Gasteiger partial charge in [-0.25, -0.2) is 0 Å². The molecular weight excluding hydrogens is 440 g/mol. The lowest BCUT2D eigenvalue weighted by Gasteiger charge is -2.12. The summed E-state index contributed by atoms with van der Waals surface area (Å²) in [4.78, 5) is 26.9. The first kappa shape index (κ1) is 22.2. The number of benzene rings is 2. The van der Waals surface area contributed by atoms with E-state index >= 15 is 0 Å². The van der Waals surface area contributed by atoms with Crippen LogP contribution in [-0.2, 0) is 4.79 Å². The Morgan fingerprint density at radius 3 is 2.42 bits per heavy atom. The highest BCUT2D eigenvalue weighted by atomic mass is 32.2. The van der Waals surface area contributed by atoms with Crippen molar-refractivity contribution in [3.8, 4) is 17.1 Å². The van der Waals surface area contributed by atoms with Gasteiger partial charge in [-0.3, -0.25) is 24.5 Å². The molecule has 0 aliphatic rings. The summed E-state index contributed by atoms with van der Waals surface area (Å²) < 4.78 is 1.92. The van der Waals surface area contributed by atoms with E-state index in [0.717, 1.165) is 16.8 Å². The number of carbonyl (C=O) groups is 1. The molecule has 4 aromatic rings. The van der Waals surface area contributed by atoms with E-state index in [1.807, 2.05) is 42.7 Å². The van der Waals surface area contributed by atoms with Gasteiger partial charge in [0.2, 0.25) is 5.91 Å². The summed E-state index contributed by atoms with van der Waals surface area (Å²) >= 11 is 1.26. The predicted molar refractivity (Wildman–Crippen MR) is 127 cm³/mol. The number of amides is 1. The summed E-state index contributed by atoms with van der Waals surface area (Å²) in [7, 11) is 0. The molecule has 0 aliphatic heterocycles. The zero-order valence-corrected chi connectivity index (χ0v) is 18.7. The lowest BCUT2D eigenvalue weighted by atomic mass is 10.1. The Morgan fingerprint density at radius 2 is 1.76 bits per heavy atom. The minimum Gasteiger partial charge on any atom is -0.325 e. The number of aromatic nitrogens is 4. The molecule has 166 valence electrons. The van der Waals surface area contributed by atoms with E-state index in [1.165, 1.54) is 41.6 Å². The molecular formula is C23H20N6O3S. The van der Waals surface area contributed by atoms with Crippen LogP contribution in [0, 0.1) is 24.0 Å². The van der Waals surface area contributed by atoms with Crippen molar-refractivity contribution in [1.82, 2.24) is 19.7 Å². The molecule has 2 heterocycles. The summed E-state index contributed by atoms with van der Waals surface area (Å²) in [6.07, 6.45) is 3.39. The van der Waals surface area contributed by atoms with Crippen molar-refractivity contribution in [2.45, 2.75) is 19.0 Å². The first-order chi connectivity index (χ1) is 15.9. The van der Waals surface area contributed by atoms with Gasteiger partial charge in [-0.05, 0) is 61.4 Å². The Labute approximate surface area is 194 Å². The fourth-order valence-corrected chi connectivity index (χ4v) is 3.89. The third-order valence-electron chi connectivity index (χ3n) is 5.01. The second-order valence-corrected chi connectivity index (χ2v) is 8.23. The van der Waals surface area contributed by atoms with Crippen molar-refractivity contribution >= 4 is 29.0 Å². The molecule has 0 atom stereocenters. The second-order valence-electron chi connectivity index (χ2n) is 7.29. The van der Waals surface area contributed by atoms with Gasteiger partial charge in [-0.15, -0.1) is 10.2 Å². The summed E-state index contributed by atoms with van der Waals surface area (Å²) in [5.41, 5.74) is 4.51. The van der Waals surface area contributed by atoms with Crippen LogP contribution in [0.3, 0.4) is 0 Å². The van der Waals surface area contributed by atoms with Crippen molar-refractivity contribution in [3.63, 3.8) is 0 Å². The average Bonchev–Trinajstić information content (AvgIpc) is 3.24. The lowest BCUT2D eigenvalue weighted by Crippen LogP contribution is -2.14. The van der Waals surface area contributed by atoms with Crippen LogP contribution >= 0.6 is 11.8 Å². The number of aryl methyl sites for hydroxylation is 2. The average molecular weight is 461 g/mol. The number of carbonyl (C=O) groups excluding carboxylic acids is 1. The number of nitro benzene ring substituents is 1. The number of anilines is 1. The maximum absolute atomic E-state index is 12.5. The van der Waals surface area contributed by atoms with Crippen LogP contribution in [0.2, 0.25) is 0 Å². The van der Waals surface area contributed by atoms with Gasteiger partial charge in [0.25, 0.3) is 5.69 Å². The normalized spacial score (nSPS) is 10.7. The van der Waals surface area contributed by atoms with Gasteiger partial charge in [-0.1, -0.05) is 17.8 Å². The van der Waals surface area contributed by atoms with E-state index < -0.39 is 4.92 Å². The number of thioether (sulfide) groups is 1. The van der Waals surface area contributed by atoms with Crippen LogP contribution < -0.4 is 5.32 Å². The largest absolute Gasteiger partial charge is 0.325 e. The van der Waals surface area contributed by atoms with Crippen molar-refractivity contribution < 1.29 is 9.72 Å². The van der Waals surface area contributed by atoms with Crippen LogP contribution in [0.4, 0.5) is 11.4 Å². The van der Waals surface area contributed by atoms with Gasteiger partial charge in [-0.2, -0.15) is 0 Å². The minimum absolute atomic E-state index is 0.0347. The third kappa shape index (κ3) is 5.07. The molecule has 0 saturated heterocycles. The van der Waals surface area contributed by atoms with Gasteiger partial charge in [0, 0.05) is 35.8 Å². The van der Waals surface area contributed by atoms with Crippen LogP contribution in [0.5, 0.6) is 0 Å². The molecule has 1 N–H and O–H groups in total. The van der Waals surface area contributed by atoms with Crippen molar-refractivity contribution in [2.24, 2.45) is 0 Å².